The molecule has 1 heterocycles. The van der Waals surface area contributed by atoms with Crippen LogP contribution in [-0.2, 0) is 19.9 Å². The molecule has 2 rings (SSSR count). The number of urea groups is 1. The Morgan fingerprint density at radius 1 is 1.25 bits per heavy atom. The SMILES string of the molecule is Cc1ccc(S(=O)(=O)NC(=O)NCCCC2CCS(=O)(=O)C2)cc1. The van der Waals surface area contributed by atoms with Gasteiger partial charge in [-0.2, -0.15) is 0 Å². The van der Waals surface area contributed by atoms with Crippen molar-refractivity contribution < 1.29 is 21.6 Å². The zero-order valence-electron chi connectivity index (χ0n) is 13.5. The van der Waals surface area contributed by atoms with E-state index >= 15 is 0 Å². The lowest BCUT2D eigenvalue weighted by molar-refractivity contribution is 0.245. The van der Waals surface area contributed by atoms with Gasteiger partial charge in [-0.1, -0.05) is 17.7 Å². The van der Waals surface area contributed by atoms with Crippen LogP contribution in [0.3, 0.4) is 0 Å². The normalized spacial score (nSPS) is 19.8. The van der Waals surface area contributed by atoms with Crippen LogP contribution < -0.4 is 10.0 Å². The Hall–Kier alpha value is -1.61. The molecule has 0 radical (unpaired) electrons. The minimum Gasteiger partial charge on any atom is -0.337 e. The summed E-state index contributed by atoms with van der Waals surface area (Å²) in [5, 5.41) is 2.49. The lowest BCUT2D eigenvalue weighted by Crippen LogP contribution is -2.39. The zero-order chi connectivity index (χ0) is 17.8. The Morgan fingerprint density at radius 2 is 1.92 bits per heavy atom. The minimum absolute atomic E-state index is 0.0272. The van der Waals surface area contributed by atoms with E-state index < -0.39 is 25.9 Å². The molecule has 9 heteroatoms. The predicted octanol–water partition coefficient (Wildman–Crippen LogP) is 1.20. The Morgan fingerprint density at radius 3 is 2.50 bits per heavy atom. The molecule has 1 atom stereocenters. The van der Waals surface area contributed by atoms with Crippen molar-refractivity contribution in [2.45, 2.75) is 31.1 Å². The first-order valence-electron chi connectivity index (χ1n) is 7.76. The fraction of sp³-hybridized carbons (Fsp3) is 0.533. The van der Waals surface area contributed by atoms with Crippen molar-refractivity contribution in [1.29, 1.82) is 0 Å². The highest BCUT2D eigenvalue weighted by Gasteiger charge is 2.27. The number of carbonyl (C=O) groups excluding carboxylic acids is 1. The van der Waals surface area contributed by atoms with Crippen molar-refractivity contribution >= 4 is 25.9 Å². The van der Waals surface area contributed by atoms with Crippen molar-refractivity contribution in [3.63, 3.8) is 0 Å². The molecule has 0 spiro atoms. The van der Waals surface area contributed by atoms with E-state index in [9.17, 15) is 21.6 Å². The maximum Gasteiger partial charge on any atom is 0.328 e. The third-order valence-corrected chi connectivity index (χ3v) is 7.14. The van der Waals surface area contributed by atoms with Gasteiger partial charge in [0.15, 0.2) is 9.84 Å². The van der Waals surface area contributed by atoms with Gasteiger partial charge in [0.25, 0.3) is 10.0 Å². The number of nitrogens with one attached hydrogen (secondary N) is 2. The maximum atomic E-state index is 12.0. The first kappa shape index (κ1) is 18.7. The van der Waals surface area contributed by atoms with E-state index in [0.29, 0.717) is 25.8 Å². The van der Waals surface area contributed by atoms with Crippen LogP contribution in [0.2, 0.25) is 0 Å². The molecular weight excluding hydrogens is 352 g/mol. The van der Waals surface area contributed by atoms with Gasteiger partial charge in [0, 0.05) is 6.54 Å². The van der Waals surface area contributed by atoms with Gasteiger partial charge >= 0.3 is 6.03 Å². The maximum absolute atomic E-state index is 12.0. The van der Waals surface area contributed by atoms with Crippen LogP contribution in [0.25, 0.3) is 0 Å². The van der Waals surface area contributed by atoms with E-state index in [4.69, 9.17) is 0 Å². The summed E-state index contributed by atoms with van der Waals surface area (Å²) in [5.41, 5.74) is 0.923. The number of sulfonamides is 1. The number of carbonyl (C=O) groups is 1. The quantitative estimate of drug-likeness (QED) is 0.727. The van der Waals surface area contributed by atoms with Gasteiger partial charge in [-0.15, -0.1) is 0 Å². The molecule has 2 N–H and O–H groups in total. The number of aryl methyl sites for hydroxylation is 1. The summed E-state index contributed by atoms with van der Waals surface area (Å²) in [4.78, 5) is 11.7. The van der Waals surface area contributed by atoms with Crippen LogP contribution in [0.15, 0.2) is 29.2 Å². The topological polar surface area (TPSA) is 109 Å². The average Bonchev–Trinajstić information content (AvgIpc) is 2.83. The molecule has 0 bridgehead atoms. The van der Waals surface area contributed by atoms with Crippen LogP contribution in [0.1, 0.15) is 24.8 Å². The monoisotopic (exact) mass is 374 g/mol. The second-order valence-corrected chi connectivity index (χ2v) is 10.00. The third kappa shape index (κ3) is 5.48. The van der Waals surface area contributed by atoms with E-state index in [1.165, 1.54) is 12.1 Å². The smallest absolute Gasteiger partial charge is 0.328 e. The first-order chi connectivity index (χ1) is 11.2. The van der Waals surface area contributed by atoms with Gasteiger partial charge in [0.05, 0.1) is 16.4 Å². The molecular formula is C15H22N2O5S2. The summed E-state index contributed by atoms with van der Waals surface area (Å²) in [6.45, 7) is 2.14. The molecule has 1 unspecified atom stereocenters. The van der Waals surface area contributed by atoms with Gasteiger partial charge in [-0.25, -0.2) is 26.4 Å². The summed E-state index contributed by atoms with van der Waals surface area (Å²) >= 11 is 0. The Bertz CT molecular complexity index is 786. The number of rotatable bonds is 6. The highest BCUT2D eigenvalue weighted by Crippen LogP contribution is 2.22. The summed E-state index contributed by atoms with van der Waals surface area (Å²) in [6, 6.07) is 5.40. The Balaban J connectivity index is 1.74. The largest absolute Gasteiger partial charge is 0.337 e. The lowest BCUT2D eigenvalue weighted by Gasteiger charge is -2.10. The summed E-state index contributed by atoms with van der Waals surface area (Å²) < 4.78 is 48.7. The summed E-state index contributed by atoms with van der Waals surface area (Å²) in [6.07, 6.45) is 1.97. The number of benzene rings is 1. The molecule has 1 saturated heterocycles. The fourth-order valence-corrected chi connectivity index (χ4v) is 5.47. The third-order valence-electron chi connectivity index (χ3n) is 3.96. The van der Waals surface area contributed by atoms with Crippen LogP contribution in [-0.4, -0.2) is 40.9 Å². The van der Waals surface area contributed by atoms with Gasteiger partial charge in [-0.05, 0) is 44.2 Å². The molecule has 7 nitrogen and oxygen atoms in total. The van der Waals surface area contributed by atoms with Gasteiger partial charge in [-0.3, -0.25) is 0 Å². The van der Waals surface area contributed by atoms with Crippen molar-refractivity contribution in [1.82, 2.24) is 10.0 Å². The van der Waals surface area contributed by atoms with Gasteiger partial charge in [0.1, 0.15) is 0 Å². The molecule has 134 valence electrons. The average molecular weight is 374 g/mol. The number of hydrogen-bond acceptors (Lipinski definition) is 5. The molecule has 1 aromatic carbocycles. The number of hydrogen-bond donors (Lipinski definition) is 2. The van der Waals surface area contributed by atoms with Crippen molar-refractivity contribution in [2.75, 3.05) is 18.1 Å². The molecule has 1 fully saturated rings. The van der Waals surface area contributed by atoms with Crippen molar-refractivity contribution in [3.05, 3.63) is 29.8 Å². The van der Waals surface area contributed by atoms with Crippen LogP contribution >= 0.6 is 0 Å². The second-order valence-electron chi connectivity index (χ2n) is 6.09. The fourth-order valence-electron chi connectivity index (χ4n) is 2.63. The minimum atomic E-state index is -3.89. The highest BCUT2D eigenvalue weighted by atomic mass is 32.2. The van der Waals surface area contributed by atoms with E-state index in [0.717, 1.165) is 5.56 Å². The zero-order valence-corrected chi connectivity index (χ0v) is 15.1. The van der Waals surface area contributed by atoms with Crippen LogP contribution in [0.5, 0.6) is 0 Å². The molecule has 0 aromatic heterocycles. The Kier molecular flexibility index (Phi) is 5.87. The van der Waals surface area contributed by atoms with Gasteiger partial charge in [0.2, 0.25) is 0 Å². The van der Waals surface area contributed by atoms with E-state index in [-0.39, 0.29) is 22.3 Å². The molecule has 2 amide bonds. The predicted molar refractivity (Wildman–Crippen MR) is 90.9 cm³/mol. The lowest BCUT2D eigenvalue weighted by atomic mass is 10.0. The van der Waals surface area contributed by atoms with Crippen LogP contribution in [0, 0.1) is 12.8 Å². The van der Waals surface area contributed by atoms with Crippen molar-refractivity contribution in [2.24, 2.45) is 5.92 Å². The molecule has 0 aliphatic carbocycles. The molecule has 24 heavy (non-hydrogen) atoms. The summed E-state index contributed by atoms with van der Waals surface area (Å²) in [7, 11) is -6.77. The number of sulfone groups is 1. The highest BCUT2D eigenvalue weighted by molar-refractivity contribution is 7.91. The molecule has 1 aliphatic rings. The summed E-state index contributed by atoms with van der Waals surface area (Å²) in [5.74, 6) is 0.581. The van der Waals surface area contributed by atoms with E-state index in [1.807, 2.05) is 11.6 Å². The standard InChI is InChI=1S/C15H22N2O5S2/c1-12-4-6-14(7-5-12)24(21,22)17-15(18)16-9-2-3-13-8-10-23(19,20)11-13/h4-7,13H,2-3,8-11H2,1H3,(H2,16,17,18). The van der Waals surface area contributed by atoms with Crippen LogP contribution in [0.4, 0.5) is 4.79 Å². The molecule has 0 saturated carbocycles. The number of amides is 2. The van der Waals surface area contributed by atoms with Crippen molar-refractivity contribution in [3.8, 4) is 0 Å². The molecule has 1 aromatic rings. The second kappa shape index (κ2) is 7.52. The van der Waals surface area contributed by atoms with E-state index in [2.05, 4.69) is 5.32 Å². The Labute approximate surface area is 142 Å². The first-order valence-corrected chi connectivity index (χ1v) is 11.1. The van der Waals surface area contributed by atoms with E-state index in [1.54, 1.807) is 12.1 Å². The molecule has 1 aliphatic heterocycles. The van der Waals surface area contributed by atoms with Gasteiger partial charge < -0.3 is 5.32 Å².